The van der Waals surface area contributed by atoms with Gasteiger partial charge in [0.25, 0.3) is 10.0 Å². The summed E-state index contributed by atoms with van der Waals surface area (Å²) in [5.41, 5.74) is 1.13. The van der Waals surface area contributed by atoms with Crippen LogP contribution in [0, 0.1) is 18.3 Å². The number of anilines is 1. The van der Waals surface area contributed by atoms with Gasteiger partial charge < -0.3 is 0 Å². The van der Waals surface area contributed by atoms with Crippen LogP contribution in [0.3, 0.4) is 0 Å². The van der Waals surface area contributed by atoms with Crippen LogP contribution in [0.15, 0.2) is 50.2 Å². The molecule has 0 amide bonds. The van der Waals surface area contributed by atoms with E-state index in [2.05, 4.69) is 36.6 Å². The van der Waals surface area contributed by atoms with Crippen molar-refractivity contribution in [1.82, 2.24) is 0 Å². The van der Waals surface area contributed by atoms with Crippen LogP contribution in [0.2, 0.25) is 0 Å². The highest BCUT2D eigenvalue weighted by atomic mass is 79.9. The van der Waals surface area contributed by atoms with Crippen molar-refractivity contribution in [2.24, 2.45) is 0 Å². The minimum absolute atomic E-state index is 0.170. The Kier molecular flexibility index (Phi) is 4.71. The molecule has 0 aliphatic rings. The summed E-state index contributed by atoms with van der Waals surface area (Å²) in [5, 5.41) is 9.10. The van der Waals surface area contributed by atoms with Gasteiger partial charge in [0, 0.05) is 8.95 Å². The summed E-state index contributed by atoms with van der Waals surface area (Å²) < 4.78 is 28.8. The maximum atomic E-state index is 12.5. The average molecular weight is 430 g/mol. The topological polar surface area (TPSA) is 70.0 Å². The summed E-state index contributed by atoms with van der Waals surface area (Å²) in [4.78, 5) is 0.170. The first-order valence-electron chi connectivity index (χ1n) is 5.82. The van der Waals surface area contributed by atoms with Gasteiger partial charge >= 0.3 is 0 Å². The van der Waals surface area contributed by atoms with Gasteiger partial charge in [-0.2, -0.15) is 5.26 Å². The monoisotopic (exact) mass is 428 g/mol. The van der Waals surface area contributed by atoms with E-state index in [1.54, 1.807) is 37.3 Å². The molecule has 7 heteroatoms. The van der Waals surface area contributed by atoms with Crippen molar-refractivity contribution in [2.45, 2.75) is 11.8 Å². The van der Waals surface area contributed by atoms with Gasteiger partial charge in [-0.1, -0.05) is 37.9 Å². The number of hydrogen-bond acceptors (Lipinski definition) is 3. The zero-order valence-corrected chi connectivity index (χ0v) is 14.9. The fourth-order valence-corrected chi connectivity index (χ4v) is 3.99. The minimum Gasteiger partial charge on any atom is -0.278 e. The number of nitrogens with zero attached hydrogens (tertiary/aromatic N) is 1. The van der Waals surface area contributed by atoms with E-state index in [9.17, 15) is 8.42 Å². The van der Waals surface area contributed by atoms with Crippen LogP contribution in [-0.4, -0.2) is 8.42 Å². The van der Waals surface area contributed by atoms with Crippen LogP contribution in [-0.2, 0) is 10.0 Å². The third kappa shape index (κ3) is 3.64. The van der Waals surface area contributed by atoms with Crippen molar-refractivity contribution in [1.29, 1.82) is 5.26 Å². The molecule has 108 valence electrons. The Bertz CT molecular complexity index is 843. The van der Waals surface area contributed by atoms with Gasteiger partial charge in [-0.3, -0.25) is 4.72 Å². The lowest BCUT2D eigenvalue weighted by Gasteiger charge is -2.12. The van der Waals surface area contributed by atoms with E-state index >= 15 is 0 Å². The van der Waals surface area contributed by atoms with E-state index in [4.69, 9.17) is 5.26 Å². The Labute approximate surface area is 140 Å². The molecule has 0 atom stereocenters. The van der Waals surface area contributed by atoms with Crippen molar-refractivity contribution in [2.75, 3.05) is 4.72 Å². The lowest BCUT2D eigenvalue weighted by Crippen LogP contribution is -2.15. The van der Waals surface area contributed by atoms with Gasteiger partial charge in [0.15, 0.2) is 0 Å². The Morgan fingerprint density at radius 3 is 2.38 bits per heavy atom. The van der Waals surface area contributed by atoms with Crippen LogP contribution in [0.5, 0.6) is 0 Å². The molecule has 0 aliphatic heterocycles. The number of halogens is 2. The number of nitriles is 1. The first-order valence-corrected chi connectivity index (χ1v) is 8.89. The van der Waals surface area contributed by atoms with Gasteiger partial charge in [0.2, 0.25) is 0 Å². The van der Waals surface area contributed by atoms with Crippen LogP contribution in [0.4, 0.5) is 5.69 Å². The van der Waals surface area contributed by atoms with Crippen molar-refractivity contribution in [3.8, 4) is 6.07 Å². The molecule has 2 aromatic rings. The summed E-state index contributed by atoms with van der Waals surface area (Å²) in [6.45, 7) is 1.72. The number of aryl methyl sites for hydroxylation is 1. The lowest BCUT2D eigenvalue weighted by molar-refractivity contribution is 0.600. The summed E-state index contributed by atoms with van der Waals surface area (Å²) in [5.74, 6) is 0. The van der Waals surface area contributed by atoms with Crippen molar-refractivity contribution in [3.05, 3.63) is 56.5 Å². The Hall–Kier alpha value is -1.36. The van der Waals surface area contributed by atoms with Gasteiger partial charge in [0.05, 0.1) is 16.1 Å². The third-order valence-corrected chi connectivity index (χ3v) is 5.28. The van der Waals surface area contributed by atoms with Crippen molar-refractivity contribution in [3.63, 3.8) is 0 Å². The van der Waals surface area contributed by atoms with E-state index in [0.29, 0.717) is 14.5 Å². The second-order valence-corrected chi connectivity index (χ2v) is 7.80. The van der Waals surface area contributed by atoms with Crippen LogP contribution >= 0.6 is 31.9 Å². The van der Waals surface area contributed by atoms with E-state index < -0.39 is 10.0 Å². The molecule has 0 bridgehead atoms. The van der Waals surface area contributed by atoms with Crippen molar-refractivity contribution < 1.29 is 8.42 Å². The first kappa shape index (κ1) is 16.0. The SMILES string of the molecule is Cc1ccc(Br)cc1S(=O)(=O)Nc1ccc(Br)cc1C#N. The Morgan fingerprint density at radius 1 is 1.10 bits per heavy atom. The first-order chi connectivity index (χ1) is 9.83. The zero-order valence-electron chi connectivity index (χ0n) is 10.9. The standard InChI is InChI=1S/C14H10Br2N2O2S/c1-9-2-3-12(16)7-14(9)21(19,20)18-13-5-4-11(15)6-10(13)8-17/h2-7,18H,1H3. The van der Waals surface area contributed by atoms with Gasteiger partial charge in [-0.15, -0.1) is 0 Å². The van der Waals surface area contributed by atoms with Crippen LogP contribution < -0.4 is 4.72 Å². The van der Waals surface area contributed by atoms with Crippen LogP contribution in [0.1, 0.15) is 11.1 Å². The molecule has 0 fully saturated rings. The molecule has 0 saturated heterocycles. The van der Waals surface area contributed by atoms with Gasteiger partial charge in [-0.05, 0) is 42.8 Å². The second-order valence-electron chi connectivity index (χ2n) is 4.32. The molecule has 4 nitrogen and oxygen atoms in total. The van der Waals surface area contributed by atoms with Gasteiger partial charge in [0.1, 0.15) is 6.07 Å². The molecule has 0 heterocycles. The summed E-state index contributed by atoms with van der Waals surface area (Å²) >= 11 is 6.51. The molecule has 0 unspecified atom stereocenters. The van der Waals surface area contributed by atoms with E-state index in [1.165, 1.54) is 6.07 Å². The van der Waals surface area contributed by atoms with E-state index in [-0.39, 0.29) is 16.1 Å². The summed E-state index contributed by atoms with van der Waals surface area (Å²) in [6, 6.07) is 11.8. The quantitative estimate of drug-likeness (QED) is 0.794. The molecule has 0 aliphatic carbocycles. The van der Waals surface area contributed by atoms with Gasteiger partial charge in [-0.25, -0.2) is 8.42 Å². The molecule has 2 aromatic carbocycles. The molecule has 0 aromatic heterocycles. The highest BCUT2D eigenvalue weighted by molar-refractivity contribution is 9.10. The molecular weight excluding hydrogens is 420 g/mol. The fourth-order valence-electron chi connectivity index (χ4n) is 1.76. The molecule has 21 heavy (non-hydrogen) atoms. The van der Waals surface area contributed by atoms with E-state index in [0.717, 1.165) is 0 Å². The number of rotatable bonds is 3. The molecule has 2 rings (SSSR count). The lowest BCUT2D eigenvalue weighted by atomic mass is 10.2. The predicted molar refractivity (Wildman–Crippen MR) is 88.5 cm³/mol. The second kappa shape index (κ2) is 6.18. The maximum Gasteiger partial charge on any atom is 0.262 e. The maximum absolute atomic E-state index is 12.5. The Morgan fingerprint density at radius 2 is 1.71 bits per heavy atom. The highest BCUT2D eigenvalue weighted by Crippen LogP contribution is 2.26. The highest BCUT2D eigenvalue weighted by Gasteiger charge is 2.19. The molecular formula is C14H10Br2N2O2S. The molecule has 0 spiro atoms. The summed E-state index contributed by atoms with van der Waals surface area (Å²) in [7, 11) is -3.76. The largest absolute Gasteiger partial charge is 0.278 e. The normalized spacial score (nSPS) is 11.0. The van der Waals surface area contributed by atoms with Crippen molar-refractivity contribution >= 4 is 47.6 Å². The average Bonchev–Trinajstić information content (AvgIpc) is 2.43. The zero-order chi connectivity index (χ0) is 15.6. The smallest absolute Gasteiger partial charge is 0.262 e. The predicted octanol–water partition coefficient (Wildman–Crippen LogP) is 4.19. The fraction of sp³-hybridized carbons (Fsp3) is 0.0714. The summed E-state index contributed by atoms with van der Waals surface area (Å²) in [6.07, 6.45) is 0. The molecule has 0 saturated carbocycles. The van der Waals surface area contributed by atoms with E-state index in [1.807, 2.05) is 6.07 Å². The molecule has 0 radical (unpaired) electrons. The minimum atomic E-state index is -3.76. The number of nitrogens with one attached hydrogen (secondary N) is 1. The number of benzene rings is 2. The number of hydrogen-bond donors (Lipinski definition) is 1. The molecule has 1 N–H and O–H groups in total. The Balaban J connectivity index is 2.48. The van der Waals surface area contributed by atoms with Crippen LogP contribution in [0.25, 0.3) is 0 Å². The number of sulfonamides is 1. The third-order valence-electron chi connectivity index (χ3n) is 2.79.